The topological polar surface area (TPSA) is 35.5 Å². The van der Waals surface area contributed by atoms with Crippen molar-refractivity contribution in [1.82, 2.24) is 10.2 Å². The van der Waals surface area contributed by atoms with Crippen molar-refractivity contribution < 1.29 is 5.11 Å². The molecule has 0 aliphatic rings. The normalized spacial score (nSPS) is 16.6. The maximum atomic E-state index is 9.25. The maximum absolute atomic E-state index is 9.25. The van der Waals surface area contributed by atoms with E-state index in [0.29, 0.717) is 0 Å². The molecule has 0 aliphatic carbocycles. The molecule has 1 aromatic carbocycles. The molecule has 0 fully saturated rings. The van der Waals surface area contributed by atoms with Gasteiger partial charge in [0.15, 0.2) is 0 Å². The second-order valence-electron chi connectivity index (χ2n) is 5.40. The van der Waals surface area contributed by atoms with Gasteiger partial charge < -0.3 is 15.3 Å². The maximum Gasteiger partial charge on any atom is 0.0584 e. The van der Waals surface area contributed by atoms with E-state index in [2.05, 4.69) is 48.5 Å². The number of nitrogens with zero attached hydrogens (tertiary/aromatic N) is 1. The molecular weight excluding hydrogens is 224 g/mol. The standard InChI is InChI=1S/C15H26N2O/c1-13(10-18)17(4)12-15(2,11-16-3)14-8-6-5-7-9-14/h5-9,13,16,18H,10-12H2,1-4H3. The molecule has 2 N–H and O–H groups in total. The van der Waals surface area contributed by atoms with Crippen molar-refractivity contribution in [3.63, 3.8) is 0 Å². The molecule has 1 rings (SSSR count). The molecule has 0 saturated heterocycles. The van der Waals surface area contributed by atoms with Crippen LogP contribution in [0.5, 0.6) is 0 Å². The van der Waals surface area contributed by atoms with Crippen LogP contribution in [0.25, 0.3) is 0 Å². The van der Waals surface area contributed by atoms with Crippen LogP contribution in [0.4, 0.5) is 0 Å². The summed E-state index contributed by atoms with van der Waals surface area (Å²) < 4.78 is 0. The van der Waals surface area contributed by atoms with E-state index < -0.39 is 0 Å². The predicted octanol–water partition coefficient (Wildman–Crippen LogP) is 1.48. The lowest BCUT2D eigenvalue weighted by molar-refractivity contribution is 0.135. The lowest BCUT2D eigenvalue weighted by Gasteiger charge is -2.36. The molecule has 18 heavy (non-hydrogen) atoms. The van der Waals surface area contributed by atoms with Crippen molar-refractivity contribution in [2.75, 3.05) is 33.8 Å². The first-order chi connectivity index (χ1) is 8.53. The molecule has 0 bridgehead atoms. The molecule has 1 aromatic rings. The minimum absolute atomic E-state index is 0.0498. The number of nitrogens with one attached hydrogen (secondary N) is 1. The minimum atomic E-state index is 0.0498. The van der Waals surface area contributed by atoms with Gasteiger partial charge in [0.25, 0.3) is 0 Å². The first kappa shape index (κ1) is 15.2. The van der Waals surface area contributed by atoms with Crippen LogP contribution in [0, 0.1) is 0 Å². The second kappa shape index (κ2) is 6.88. The highest BCUT2D eigenvalue weighted by Crippen LogP contribution is 2.24. The summed E-state index contributed by atoms with van der Waals surface area (Å²) in [6.45, 7) is 6.34. The van der Waals surface area contributed by atoms with Gasteiger partial charge in [-0.2, -0.15) is 0 Å². The predicted molar refractivity (Wildman–Crippen MR) is 76.9 cm³/mol. The number of likely N-dealkylation sites (N-methyl/N-ethyl adjacent to an activating group) is 2. The molecule has 0 aromatic heterocycles. The van der Waals surface area contributed by atoms with Crippen LogP contribution in [0.15, 0.2) is 30.3 Å². The minimum Gasteiger partial charge on any atom is -0.395 e. The van der Waals surface area contributed by atoms with E-state index in [0.717, 1.165) is 13.1 Å². The number of hydrogen-bond donors (Lipinski definition) is 2. The summed E-state index contributed by atoms with van der Waals surface area (Å²) in [5.74, 6) is 0. The van der Waals surface area contributed by atoms with Crippen molar-refractivity contribution in [1.29, 1.82) is 0 Å². The molecule has 3 nitrogen and oxygen atoms in total. The Hall–Kier alpha value is -0.900. The second-order valence-corrected chi connectivity index (χ2v) is 5.40. The number of rotatable bonds is 7. The fourth-order valence-corrected chi connectivity index (χ4v) is 2.33. The van der Waals surface area contributed by atoms with Gasteiger partial charge >= 0.3 is 0 Å². The van der Waals surface area contributed by atoms with E-state index in [9.17, 15) is 5.11 Å². The Morgan fingerprint density at radius 2 is 1.94 bits per heavy atom. The zero-order valence-corrected chi connectivity index (χ0v) is 12.0. The molecule has 0 aliphatic heterocycles. The molecule has 3 heteroatoms. The fraction of sp³-hybridized carbons (Fsp3) is 0.600. The van der Waals surface area contributed by atoms with E-state index in [1.165, 1.54) is 5.56 Å². The number of aliphatic hydroxyl groups excluding tert-OH is 1. The Kier molecular flexibility index (Phi) is 5.79. The zero-order chi connectivity index (χ0) is 13.6. The molecular formula is C15H26N2O. The van der Waals surface area contributed by atoms with Crippen LogP contribution in [0.2, 0.25) is 0 Å². The average Bonchev–Trinajstić information content (AvgIpc) is 2.39. The van der Waals surface area contributed by atoms with Gasteiger partial charge in [-0.05, 0) is 26.6 Å². The van der Waals surface area contributed by atoms with E-state index in [1.807, 2.05) is 20.0 Å². The smallest absolute Gasteiger partial charge is 0.0584 e. The van der Waals surface area contributed by atoms with Crippen LogP contribution in [-0.2, 0) is 5.41 Å². The van der Waals surface area contributed by atoms with Crippen LogP contribution in [0.1, 0.15) is 19.4 Å². The fourth-order valence-electron chi connectivity index (χ4n) is 2.33. The monoisotopic (exact) mass is 250 g/mol. The molecule has 0 spiro atoms. The van der Waals surface area contributed by atoms with Gasteiger partial charge in [-0.15, -0.1) is 0 Å². The quantitative estimate of drug-likeness (QED) is 0.769. The summed E-state index contributed by atoms with van der Waals surface area (Å²) in [6, 6.07) is 10.7. The first-order valence-corrected chi connectivity index (χ1v) is 6.54. The Morgan fingerprint density at radius 1 is 1.33 bits per heavy atom. The van der Waals surface area contributed by atoms with Gasteiger partial charge in [0.05, 0.1) is 6.61 Å². The molecule has 0 amide bonds. The molecule has 0 heterocycles. The summed E-state index contributed by atoms with van der Waals surface area (Å²) in [5.41, 5.74) is 1.38. The Morgan fingerprint density at radius 3 is 2.44 bits per heavy atom. The highest BCUT2D eigenvalue weighted by Gasteiger charge is 2.28. The molecule has 2 unspecified atom stereocenters. The lowest BCUT2D eigenvalue weighted by Crippen LogP contribution is -2.46. The summed E-state index contributed by atoms with van der Waals surface area (Å²) in [7, 11) is 4.05. The number of aliphatic hydroxyl groups is 1. The van der Waals surface area contributed by atoms with Crippen molar-refractivity contribution in [2.45, 2.75) is 25.3 Å². The Bertz CT molecular complexity index is 342. The third-order valence-electron chi connectivity index (χ3n) is 3.65. The van der Waals surface area contributed by atoms with Gasteiger partial charge in [0, 0.05) is 24.5 Å². The third kappa shape index (κ3) is 3.80. The highest BCUT2D eigenvalue weighted by molar-refractivity contribution is 5.25. The SMILES string of the molecule is CNCC(C)(CN(C)C(C)CO)c1ccccc1. The largest absolute Gasteiger partial charge is 0.395 e. The van der Waals surface area contributed by atoms with Gasteiger partial charge in [-0.3, -0.25) is 0 Å². The summed E-state index contributed by atoms with van der Waals surface area (Å²) in [6.07, 6.45) is 0. The van der Waals surface area contributed by atoms with E-state index in [1.54, 1.807) is 0 Å². The Balaban J connectivity index is 2.87. The van der Waals surface area contributed by atoms with Crippen molar-refractivity contribution in [2.24, 2.45) is 0 Å². The molecule has 2 atom stereocenters. The van der Waals surface area contributed by atoms with Gasteiger partial charge in [-0.1, -0.05) is 37.3 Å². The average molecular weight is 250 g/mol. The van der Waals surface area contributed by atoms with Crippen LogP contribution < -0.4 is 5.32 Å². The molecule has 102 valence electrons. The van der Waals surface area contributed by atoms with Crippen LogP contribution in [-0.4, -0.2) is 49.8 Å². The van der Waals surface area contributed by atoms with E-state index >= 15 is 0 Å². The zero-order valence-electron chi connectivity index (χ0n) is 12.0. The number of benzene rings is 1. The Labute approximate surface area is 111 Å². The molecule has 0 radical (unpaired) electrons. The lowest BCUT2D eigenvalue weighted by atomic mass is 9.81. The number of hydrogen-bond acceptors (Lipinski definition) is 3. The first-order valence-electron chi connectivity index (χ1n) is 6.54. The van der Waals surface area contributed by atoms with Gasteiger partial charge in [0.1, 0.15) is 0 Å². The molecule has 0 saturated carbocycles. The van der Waals surface area contributed by atoms with Crippen molar-refractivity contribution in [3.8, 4) is 0 Å². The van der Waals surface area contributed by atoms with Crippen LogP contribution >= 0.6 is 0 Å². The van der Waals surface area contributed by atoms with Crippen molar-refractivity contribution in [3.05, 3.63) is 35.9 Å². The van der Waals surface area contributed by atoms with Gasteiger partial charge in [0.2, 0.25) is 0 Å². The van der Waals surface area contributed by atoms with E-state index in [4.69, 9.17) is 0 Å². The summed E-state index contributed by atoms with van der Waals surface area (Å²) in [4.78, 5) is 2.21. The summed E-state index contributed by atoms with van der Waals surface area (Å²) >= 11 is 0. The van der Waals surface area contributed by atoms with Crippen LogP contribution in [0.3, 0.4) is 0 Å². The summed E-state index contributed by atoms with van der Waals surface area (Å²) in [5, 5.41) is 12.5. The third-order valence-corrected chi connectivity index (χ3v) is 3.65. The van der Waals surface area contributed by atoms with Gasteiger partial charge in [-0.25, -0.2) is 0 Å². The highest BCUT2D eigenvalue weighted by atomic mass is 16.3. The van der Waals surface area contributed by atoms with Crippen molar-refractivity contribution >= 4 is 0 Å². The van der Waals surface area contributed by atoms with E-state index in [-0.39, 0.29) is 18.1 Å².